The number of nitrogens with zero attached hydrogens (tertiary/aromatic N) is 1. The molecule has 0 bridgehead atoms. The van der Waals surface area contributed by atoms with Crippen LogP contribution in [0.15, 0.2) is 53.5 Å². The molecule has 1 N–H and O–H groups in total. The number of carbonyl (C=O) groups excluding carboxylic acids is 1. The number of aliphatic imine (C=N–C) groups is 1. The lowest BCUT2D eigenvalue weighted by molar-refractivity contribution is -0.117. The number of halogens is 1. The van der Waals surface area contributed by atoms with Crippen LogP contribution in [0.4, 0.5) is 5.69 Å². The number of anilines is 1. The fraction of sp³-hybridized carbons (Fsp3) is 0.176. The third-order valence-corrected chi connectivity index (χ3v) is 3.75. The Morgan fingerprint density at radius 3 is 2.67 bits per heavy atom. The molecule has 0 saturated heterocycles. The molecule has 2 aromatic carbocycles. The van der Waals surface area contributed by atoms with E-state index in [2.05, 4.69) is 10.3 Å². The summed E-state index contributed by atoms with van der Waals surface area (Å²) in [5.41, 5.74) is 3.40. The number of rotatable bonds is 2. The number of benzodiazepines with no additional fused rings is 1. The van der Waals surface area contributed by atoms with Crippen molar-refractivity contribution in [3.05, 3.63) is 64.7 Å². The Hall–Kier alpha value is -2.13. The molecule has 1 aliphatic heterocycles. The fourth-order valence-electron chi connectivity index (χ4n) is 2.42. The SMILES string of the molecule is CCC1N=C(c2ccccc2)c2cc(Cl)ccc2NC1=O. The number of nitrogens with one attached hydrogen (secondary N) is 1. The Balaban J connectivity index is 2.22. The van der Waals surface area contributed by atoms with E-state index in [4.69, 9.17) is 11.6 Å². The Bertz CT molecular complexity index is 710. The van der Waals surface area contributed by atoms with Gasteiger partial charge in [-0.2, -0.15) is 0 Å². The van der Waals surface area contributed by atoms with Crippen molar-refractivity contribution in [1.29, 1.82) is 0 Å². The van der Waals surface area contributed by atoms with E-state index in [1.807, 2.05) is 49.4 Å². The summed E-state index contributed by atoms with van der Waals surface area (Å²) in [4.78, 5) is 16.9. The highest BCUT2D eigenvalue weighted by Crippen LogP contribution is 2.27. The second kappa shape index (κ2) is 5.70. The van der Waals surface area contributed by atoms with E-state index >= 15 is 0 Å². The summed E-state index contributed by atoms with van der Waals surface area (Å²) in [5, 5.41) is 3.56. The van der Waals surface area contributed by atoms with Crippen molar-refractivity contribution >= 4 is 28.9 Å². The van der Waals surface area contributed by atoms with Crippen molar-refractivity contribution in [1.82, 2.24) is 0 Å². The summed E-state index contributed by atoms with van der Waals surface area (Å²) in [6.45, 7) is 1.96. The van der Waals surface area contributed by atoms with Crippen LogP contribution in [0.1, 0.15) is 24.5 Å². The first-order valence-electron chi connectivity index (χ1n) is 6.93. The summed E-state index contributed by atoms with van der Waals surface area (Å²) in [7, 11) is 0. The molecule has 1 amide bonds. The van der Waals surface area contributed by atoms with Gasteiger partial charge in [-0.1, -0.05) is 48.9 Å². The van der Waals surface area contributed by atoms with Crippen molar-refractivity contribution < 1.29 is 4.79 Å². The van der Waals surface area contributed by atoms with Gasteiger partial charge >= 0.3 is 0 Å². The van der Waals surface area contributed by atoms with Crippen molar-refractivity contribution in [3.8, 4) is 0 Å². The van der Waals surface area contributed by atoms with Gasteiger partial charge in [0, 0.05) is 16.1 Å². The van der Waals surface area contributed by atoms with Gasteiger partial charge in [0.25, 0.3) is 0 Å². The standard InChI is InChI=1S/C17H15ClN2O/c1-2-14-17(21)20-15-9-8-12(18)10-13(15)16(19-14)11-6-4-3-5-7-11/h3-10,14H,2H2,1H3,(H,20,21). The largest absolute Gasteiger partial charge is 0.324 e. The summed E-state index contributed by atoms with van der Waals surface area (Å²) < 4.78 is 0. The number of carbonyl (C=O) groups is 1. The van der Waals surface area contributed by atoms with Crippen LogP contribution < -0.4 is 5.32 Å². The molecular formula is C17H15ClN2O. The molecular weight excluding hydrogens is 284 g/mol. The van der Waals surface area contributed by atoms with Gasteiger partial charge in [0.2, 0.25) is 5.91 Å². The second-order valence-corrected chi connectivity index (χ2v) is 5.38. The highest BCUT2D eigenvalue weighted by Gasteiger charge is 2.24. The lowest BCUT2D eigenvalue weighted by atomic mass is 10.0. The molecule has 0 saturated carbocycles. The van der Waals surface area contributed by atoms with Crippen molar-refractivity contribution in [3.63, 3.8) is 0 Å². The van der Waals surface area contributed by atoms with Crippen LogP contribution in [0.2, 0.25) is 5.02 Å². The molecule has 3 rings (SSSR count). The van der Waals surface area contributed by atoms with Crippen molar-refractivity contribution in [2.45, 2.75) is 19.4 Å². The third-order valence-electron chi connectivity index (χ3n) is 3.52. The quantitative estimate of drug-likeness (QED) is 0.897. The summed E-state index contributed by atoms with van der Waals surface area (Å²) >= 11 is 6.12. The summed E-state index contributed by atoms with van der Waals surface area (Å²) in [6.07, 6.45) is 0.657. The summed E-state index contributed by atoms with van der Waals surface area (Å²) in [5.74, 6) is -0.0768. The van der Waals surface area contributed by atoms with Crippen LogP contribution in [0.25, 0.3) is 0 Å². The van der Waals surface area contributed by atoms with Crippen LogP contribution >= 0.6 is 11.6 Å². The van der Waals surface area contributed by atoms with Gasteiger partial charge in [0.05, 0.1) is 11.4 Å². The van der Waals surface area contributed by atoms with Crippen LogP contribution in [0.3, 0.4) is 0 Å². The molecule has 0 radical (unpaired) electrons. The minimum Gasteiger partial charge on any atom is -0.324 e. The average Bonchev–Trinajstić information content (AvgIpc) is 2.64. The monoisotopic (exact) mass is 298 g/mol. The number of benzene rings is 2. The number of amides is 1. The maximum absolute atomic E-state index is 12.2. The van der Waals surface area contributed by atoms with Crippen molar-refractivity contribution in [2.24, 2.45) is 4.99 Å². The Kier molecular flexibility index (Phi) is 3.76. The van der Waals surface area contributed by atoms with Crippen LogP contribution in [-0.4, -0.2) is 17.7 Å². The molecule has 0 fully saturated rings. The van der Waals surface area contributed by atoms with Gasteiger partial charge in [-0.25, -0.2) is 0 Å². The topological polar surface area (TPSA) is 41.5 Å². The minimum absolute atomic E-state index is 0.0768. The number of hydrogen-bond donors (Lipinski definition) is 1. The first kappa shape index (κ1) is 13.8. The van der Waals surface area contributed by atoms with Gasteiger partial charge in [0.15, 0.2) is 0 Å². The number of hydrogen-bond acceptors (Lipinski definition) is 2. The zero-order chi connectivity index (χ0) is 14.8. The fourth-order valence-corrected chi connectivity index (χ4v) is 2.60. The maximum atomic E-state index is 12.2. The smallest absolute Gasteiger partial charge is 0.249 e. The van der Waals surface area contributed by atoms with Gasteiger partial charge in [-0.15, -0.1) is 0 Å². The zero-order valence-corrected chi connectivity index (χ0v) is 12.4. The Morgan fingerprint density at radius 1 is 1.19 bits per heavy atom. The molecule has 1 atom stereocenters. The van der Waals surface area contributed by atoms with E-state index in [1.165, 1.54) is 0 Å². The molecule has 1 unspecified atom stereocenters. The Labute approximate surface area is 128 Å². The van der Waals surface area contributed by atoms with Gasteiger partial charge in [-0.05, 0) is 24.6 Å². The van der Waals surface area contributed by atoms with Crippen LogP contribution in [0.5, 0.6) is 0 Å². The average molecular weight is 299 g/mol. The molecule has 106 valence electrons. The summed E-state index contributed by atoms with van der Waals surface area (Å²) in [6, 6.07) is 14.9. The van der Waals surface area contributed by atoms with E-state index in [0.717, 1.165) is 22.5 Å². The molecule has 1 heterocycles. The number of fused-ring (bicyclic) bond motifs is 1. The predicted octanol–water partition coefficient (Wildman–Crippen LogP) is 3.91. The minimum atomic E-state index is -0.383. The van der Waals surface area contributed by atoms with Crippen LogP contribution in [0, 0.1) is 0 Å². The second-order valence-electron chi connectivity index (χ2n) is 4.95. The molecule has 0 aliphatic carbocycles. The molecule has 2 aromatic rings. The highest BCUT2D eigenvalue weighted by atomic mass is 35.5. The molecule has 4 heteroatoms. The van der Waals surface area contributed by atoms with Crippen molar-refractivity contribution in [2.75, 3.05) is 5.32 Å². The normalized spacial score (nSPS) is 17.5. The zero-order valence-electron chi connectivity index (χ0n) is 11.6. The van der Waals surface area contributed by atoms with E-state index in [0.29, 0.717) is 11.4 Å². The molecule has 0 aromatic heterocycles. The lowest BCUT2D eigenvalue weighted by Gasteiger charge is -2.10. The first-order chi connectivity index (χ1) is 10.2. The van der Waals surface area contributed by atoms with Gasteiger partial charge < -0.3 is 5.32 Å². The van der Waals surface area contributed by atoms with E-state index in [9.17, 15) is 4.79 Å². The highest BCUT2D eigenvalue weighted by molar-refractivity contribution is 6.32. The molecule has 1 aliphatic rings. The molecule has 21 heavy (non-hydrogen) atoms. The molecule has 3 nitrogen and oxygen atoms in total. The van der Waals surface area contributed by atoms with E-state index in [1.54, 1.807) is 6.07 Å². The maximum Gasteiger partial charge on any atom is 0.249 e. The lowest BCUT2D eigenvalue weighted by Crippen LogP contribution is -2.24. The van der Waals surface area contributed by atoms with E-state index in [-0.39, 0.29) is 11.9 Å². The first-order valence-corrected chi connectivity index (χ1v) is 7.31. The van der Waals surface area contributed by atoms with E-state index < -0.39 is 0 Å². The van der Waals surface area contributed by atoms with Crippen LogP contribution in [-0.2, 0) is 4.79 Å². The Morgan fingerprint density at radius 2 is 1.95 bits per heavy atom. The predicted molar refractivity (Wildman–Crippen MR) is 86.2 cm³/mol. The third kappa shape index (κ3) is 2.69. The van der Waals surface area contributed by atoms with Gasteiger partial charge in [-0.3, -0.25) is 9.79 Å². The van der Waals surface area contributed by atoms with Gasteiger partial charge in [0.1, 0.15) is 6.04 Å². The molecule has 0 spiro atoms.